The lowest BCUT2D eigenvalue weighted by molar-refractivity contribution is 0.632. The van der Waals surface area contributed by atoms with Crippen LogP contribution in [0.5, 0.6) is 0 Å². The van der Waals surface area contributed by atoms with E-state index in [0.29, 0.717) is 6.04 Å². The minimum atomic E-state index is 0.108. The lowest BCUT2D eigenvalue weighted by Crippen LogP contribution is -2.33. The standard InChI is InChI=1S/C16H20N2S/c1-11(17)13-3-5-14(6-4-13)18-9-7-16-15(12(18)2)8-10-19-16/h3-6,8,10-12H,7,9,17H2,1-2H3. The molecule has 0 spiro atoms. The first-order valence-electron chi connectivity index (χ1n) is 6.85. The molecule has 19 heavy (non-hydrogen) atoms. The van der Waals surface area contributed by atoms with Crippen molar-refractivity contribution in [3.8, 4) is 0 Å². The fourth-order valence-corrected chi connectivity index (χ4v) is 3.79. The van der Waals surface area contributed by atoms with E-state index in [9.17, 15) is 0 Å². The number of rotatable bonds is 2. The van der Waals surface area contributed by atoms with Crippen LogP contribution < -0.4 is 10.6 Å². The molecule has 2 unspecified atom stereocenters. The van der Waals surface area contributed by atoms with Crippen molar-refractivity contribution in [2.24, 2.45) is 5.73 Å². The van der Waals surface area contributed by atoms with E-state index in [0.717, 1.165) is 13.0 Å². The van der Waals surface area contributed by atoms with E-state index >= 15 is 0 Å². The molecular formula is C16H20N2S. The molecule has 2 aromatic rings. The van der Waals surface area contributed by atoms with Crippen molar-refractivity contribution in [1.82, 2.24) is 0 Å². The van der Waals surface area contributed by atoms with Crippen LogP contribution in [0, 0.1) is 0 Å². The van der Waals surface area contributed by atoms with Crippen molar-refractivity contribution in [1.29, 1.82) is 0 Å². The topological polar surface area (TPSA) is 29.3 Å². The van der Waals surface area contributed by atoms with Crippen molar-refractivity contribution in [2.45, 2.75) is 32.4 Å². The highest BCUT2D eigenvalue weighted by molar-refractivity contribution is 7.10. The highest BCUT2D eigenvalue weighted by atomic mass is 32.1. The number of nitrogens with zero attached hydrogens (tertiary/aromatic N) is 1. The number of hydrogen-bond acceptors (Lipinski definition) is 3. The van der Waals surface area contributed by atoms with Gasteiger partial charge in [-0.25, -0.2) is 0 Å². The number of thiophene rings is 1. The second kappa shape index (κ2) is 4.99. The summed E-state index contributed by atoms with van der Waals surface area (Å²) >= 11 is 1.89. The SMILES string of the molecule is CC(N)c1ccc(N2CCc3sccc3C2C)cc1. The monoisotopic (exact) mass is 272 g/mol. The van der Waals surface area contributed by atoms with E-state index in [-0.39, 0.29) is 6.04 Å². The molecule has 0 aliphatic carbocycles. The van der Waals surface area contributed by atoms with Gasteiger partial charge >= 0.3 is 0 Å². The molecule has 0 fully saturated rings. The van der Waals surface area contributed by atoms with Gasteiger partial charge in [0.2, 0.25) is 0 Å². The van der Waals surface area contributed by atoms with Crippen LogP contribution in [0.4, 0.5) is 5.69 Å². The van der Waals surface area contributed by atoms with Crippen molar-refractivity contribution in [3.63, 3.8) is 0 Å². The number of nitrogens with two attached hydrogens (primary N) is 1. The Labute approximate surface area is 118 Å². The van der Waals surface area contributed by atoms with Crippen molar-refractivity contribution in [3.05, 3.63) is 51.7 Å². The predicted octanol–water partition coefficient (Wildman–Crippen LogP) is 3.89. The lowest BCUT2D eigenvalue weighted by Gasteiger charge is -2.35. The lowest BCUT2D eigenvalue weighted by atomic mass is 10.00. The first kappa shape index (κ1) is 12.7. The Hall–Kier alpha value is -1.32. The van der Waals surface area contributed by atoms with Gasteiger partial charge in [-0.05, 0) is 55.0 Å². The fourth-order valence-electron chi connectivity index (χ4n) is 2.83. The molecule has 0 bridgehead atoms. The summed E-state index contributed by atoms with van der Waals surface area (Å²) in [5, 5.41) is 2.21. The molecule has 0 amide bonds. The van der Waals surface area contributed by atoms with Crippen LogP contribution in [0.25, 0.3) is 0 Å². The Morgan fingerprint density at radius 3 is 2.68 bits per heavy atom. The Morgan fingerprint density at radius 2 is 2.00 bits per heavy atom. The molecule has 2 heterocycles. The van der Waals surface area contributed by atoms with Crippen LogP contribution in [-0.4, -0.2) is 6.54 Å². The maximum absolute atomic E-state index is 5.91. The minimum Gasteiger partial charge on any atom is -0.364 e. The van der Waals surface area contributed by atoms with Crippen LogP contribution in [0.2, 0.25) is 0 Å². The van der Waals surface area contributed by atoms with Crippen molar-refractivity contribution in [2.75, 3.05) is 11.4 Å². The second-order valence-corrected chi connectivity index (χ2v) is 6.30. The molecule has 1 aliphatic heterocycles. The number of fused-ring (bicyclic) bond motifs is 1. The van der Waals surface area contributed by atoms with E-state index in [1.54, 1.807) is 4.88 Å². The summed E-state index contributed by atoms with van der Waals surface area (Å²) in [6, 6.07) is 11.5. The molecule has 1 aromatic heterocycles. The Morgan fingerprint density at radius 1 is 1.26 bits per heavy atom. The molecule has 1 aliphatic rings. The van der Waals surface area contributed by atoms with Crippen molar-refractivity contribution < 1.29 is 0 Å². The third kappa shape index (κ3) is 2.28. The van der Waals surface area contributed by atoms with E-state index < -0.39 is 0 Å². The highest BCUT2D eigenvalue weighted by Gasteiger charge is 2.24. The number of anilines is 1. The summed E-state index contributed by atoms with van der Waals surface area (Å²) < 4.78 is 0. The van der Waals surface area contributed by atoms with Gasteiger partial charge in [-0.1, -0.05) is 12.1 Å². The van der Waals surface area contributed by atoms with Gasteiger partial charge < -0.3 is 10.6 Å². The van der Waals surface area contributed by atoms with Gasteiger partial charge in [-0.3, -0.25) is 0 Å². The summed E-state index contributed by atoms with van der Waals surface area (Å²) in [5.74, 6) is 0. The fraction of sp³-hybridized carbons (Fsp3) is 0.375. The van der Waals surface area contributed by atoms with E-state index in [1.807, 2.05) is 18.3 Å². The Balaban J connectivity index is 1.87. The number of hydrogen-bond donors (Lipinski definition) is 1. The minimum absolute atomic E-state index is 0.108. The maximum atomic E-state index is 5.91. The summed E-state index contributed by atoms with van der Waals surface area (Å²) in [7, 11) is 0. The van der Waals surface area contributed by atoms with Gasteiger partial charge in [-0.15, -0.1) is 11.3 Å². The summed E-state index contributed by atoms with van der Waals surface area (Å²) in [6.45, 7) is 5.42. The third-order valence-electron chi connectivity index (χ3n) is 4.03. The van der Waals surface area contributed by atoms with E-state index in [4.69, 9.17) is 5.73 Å². The molecule has 3 heteroatoms. The summed E-state index contributed by atoms with van der Waals surface area (Å²) in [6.07, 6.45) is 1.16. The Bertz CT molecular complexity index is 556. The molecule has 2 N–H and O–H groups in total. The van der Waals surface area contributed by atoms with Gasteiger partial charge in [0.25, 0.3) is 0 Å². The van der Waals surface area contributed by atoms with Crippen LogP contribution in [0.3, 0.4) is 0 Å². The van der Waals surface area contributed by atoms with Gasteiger partial charge in [-0.2, -0.15) is 0 Å². The van der Waals surface area contributed by atoms with Crippen LogP contribution in [-0.2, 0) is 6.42 Å². The largest absolute Gasteiger partial charge is 0.364 e. The zero-order valence-electron chi connectivity index (χ0n) is 11.5. The first-order valence-corrected chi connectivity index (χ1v) is 7.73. The molecule has 2 atom stereocenters. The maximum Gasteiger partial charge on any atom is 0.0525 e. The third-order valence-corrected chi connectivity index (χ3v) is 5.02. The summed E-state index contributed by atoms with van der Waals surface area (Å²) in [4.78, 5) is 4.04. The predicted molar refractivity (Wildman–Crippen MR) is 82.8 cm³/mol. The van der Waals surface area contributed by atoms with Gasteiger partial charge in [0.15, 0.2) is 0 Å². The smallest absolute Gasteiger partial charge is 0.0525 e. The molecule has 0 saturated heterocycles. The van der Waals surface area contributed by atoms with Crippen LogP contribution >= 0.6 is 11.3 Å². The van der Waals surface area contributed by atoms with E-state index in [1.165, 1.54) is 16.8 Å². The van der Waals surface area contributed by atoms with E-state index in [2.05, 4.69) is 47.5 Å². The second-order valence-electron chi connectivity index (χ2n) is 5.30. The highest BCUT2D eigenvalue weighted by Crippen LogP contribution is 2.36. The molecule has 1 aromatic carbocycles. The average Bonchev–Trinajstić information content (AvgIpc) is 2.88. The molecule has 0 saturated carbocycles. The number of benzene rings is 1. The first-order chi connectivity index (χ1) is 9.16. The summed E-state index contributed by atoms with van der Waals surface area (Å²) in [5.41, 5.74) is 9.90. The molecule has 3 rings (SSSR count). The zero-order chi connectivity index (χ0) is 13.4. The molecule has 0 radical (unpaired) electrons. The molecule has 2 nitrogen and oxygen atoms in total. The van der Waals surface area contributed by atoms with Crippen molar-refractivity contribution >= 4 is 17.0 Å². The van der Waals surface area contributed by atoms with Crippen LogP contribution in [0.15, 0.2) is 35.7 Å². The average molecular weight is 272 g/mol. The normalized spacial score (nSPS) is 20.2. The van der Waals surface area contributed by atoms with Gasteiger partial charge in [0.1, 0.15) is 0 Å². The van der Waals surface area contributed by atoms with Crippen LogP contribution in [0.1, 0.15) is 41.9 Å². The Kier molecular flexibility index (Phi) is 3.33. The molecule has 100 valence electrons. The van der Waals surface area contributed by atoms with Gasteiger partial charge in [0.05, 0.1) is 6.04 Å². The molecular weight excluding hydrogens is 252 g/mol. The zero-order valence-corrected chi connectivity index (χ0v) is 12.3. The quantitative estimate of drug-likeness (QED) is 0.898. The van der Waals surface area contributed by atoms with Gasteiger partial charge in [0, 0.05) is 23.2 Å².